The van der Waals surface area contributed by atoms with Crippen LogP contribution < -0.4 is 5.43 Å². The topological polar surface area (TPSA) is 72.7 Å². The van der Waals surface area contributed by atoms with Gasteiger partial charge in [0.1, 0.15) is 0 Å². The van der Waals surface area contributed by atoms with Crippen LogP contribution in [0, 0.1) is 6.92 Å². The van der Waals surface area contributed by atoms with Gasteiger partial charge in [-0.2, -0.15) is 5.10 Å². The molecule has 0 saturated heterocycles. The molecule has 4 aromatic carbocycles. The van der Waals surface area contributed by atoms with E-state index in [0.29, 0.717) is 11.1 Å². The molecule has 6 nitrogen and oxygen atoms in total. The van der Waals surface area contributed by atoms with Gasteiger partial charge in [0.15, 0.2) is 0 Å². The Labute approximate surface area is 227 Å². The second-order valence-corrected chi connectivity index (χ2v) is 9.00. The molecule has 6 heteroatoms. The fourth-order valence-electron chi connectivity index (χ4n) is 4.40. The lowest BCUT2D eigenvalue weighted by Gasteiger charge is -2.15. The van der Waals surface area contributed by atoms with Gasteiger partial charge in [-0.25, -0.2) is 10.2 Å². The fraction of sp³-hybridized carbons (Fsp3) is 0.0606. The highest BCUT2D eigenvalue weighted by Gasteiger charge is 2.19. The van der Waals surface area contributed by atoms with Gasteiger partial charge in [-0.1, -0.05) is 78.4 Å². The Balaban J connectivity index is 1.62. The number of hydrazone groups is 1. The smallest absolute Gasteiger partial charge is 0.337 e. The van der Waals surface area contributed by atoms with Crippen molar-refractivity contribution < 1.29 is 14.3 Å². The first-order valence-electron chi connectivity index (χ1n) is 12.5. The van der Waals surface area contributed by atoms with Crippen molar-refractivity contribution in [3.05, 3.63) is 138 Å². The number of esters is 1. The standard InChI is InChI=1S/C33H27N3O3/c1-23-13-15-26(16-14-23)32(37)35-34-22-28-21-30(24-9-5-3-6-10-24)36(31(28)25-11-7-4-8-12-25)29-19-17-27(18-20-29)33(38)39-2/h3-22H,1-2H3,(H,35,37)/b34-22+. The Morgan fingerprint density at radius 2 is 1.36 bits per heavy atom. The van der Waals surface area contributed by atoms with Gasteiger partial charge in [-0.15, -0.1) is 0 Å². The second kappa shape index (κ2) is 11.4. The van der Waals surface area contributed by atoms with Crippen molar-refractivity contribution in [2.45, 2.75) is 6.92 Å². The second-order valence-electron chi connectivity index (χ2n) is 9.00. The van der Waals surface area contributed by atoms with E-state index in [9.17, 15) is 9.59 Å². The molecule has 1 N–H and O–H groups in total. The average molecular weight is 514 g/mol. The molecule has 0 aliphatic carbocycles. The highest BCUT2D eigenvalue weighted by Crippen LogP contribution is 2.35. The lowest BCUT2D eigenvalue weighted by molar-refractivity contribution is 0.0600. The largest absolute Gasteiger partial charge is 0.465 e. The number of methoxy groups -OCH3 is 1. The summed E-state index contributed by atoms with van der Waals surface area (Å²) >= 11 is 0. The third kappa shape index (κ3) is 5.55. The average Bonchev–Trinajstić information content (AvgIpc) is 3.37. The minimum atomic E-state index is -0.391. The molecule has 1 amide bonds. The molecule has 0 unspecified atom stereocenters. The summed E-state index contributed by atoms with van der Waals surface area (Å²) in [7, 11) is 1.37. The Kier molecular flexibility index (Phi) is 7.46. The minimum Gasteiger partial charge on any atom is -0.465 e. The molecule has 0 aliphatic heterocycles. The van der Waals surface area contributed by atoms with Crippen LogP contribution in [0.25, 0.3) is 28.2 Å². The number of nitrogens with one attached hydrogen (secondary N) is 1. The van der Waals surface area contributed by atoms with Crippen LogP contribution >= 0.6 is 0 Å². The Morgan fingerprint density at radius 3 is 1.97 bits per heavy atom. The molecule has 1 heterocycles. The maximum absolute atomic E-state index is 12.7. The number of rotatable bonds is 7. The molecule has 0 saturated carbocycles. The summed E-state index contributed by atoms with van der Waals surface area (Å²) in [5.74, 6) is -0.675. The van der Waals surface area contributed by atoms with Gasteiger partial charge in [0, 0.05) is 16.8 Å². The zero-order valence-corrected chi connectivity index (χ0v) is 21.7. The molecule has 192 valence electrons. The SMILES string of the molecule is COC(=O)c1ccc(-n2c(-c3ccccc3)cc(/C=N/NC(=O)c3ccc(C)cc3)c2-c2ccccc2)cc1. The van der Waals surface area contributed by atoms with Crippen LogP contribution in [0.3, 0.4) is 0 Å². The predicted molar refractivity (Wildman–Crippen MR) is 154 cm³/mol. The highest BCUT2D eigenvalue weighted by atomic mass is 16.5. The monoisotopic (exact) mass is 513 g/mol. The number of aryl methyl sites for hydroxylation is 1. The molecular weight excluding hydrogens is 486 g/mol. The summed E-state index contributed by atoms with van der Waals surface area (Å²) < 4.78 is 7.01. The van der Waals surface area contributed by atoms with Crippen LogP contribution in [-0.4, -0.2) is 29.8 Å². The van der Waals surface area contributed by atoms with Crippen LogP contribution in [0.2, 0.25) is 0 Å². The van der Waals surface area contributed by atoms with Crippen LogP contribution in [0.1, 0.15) is 31.8 Å². The van der Waals surface area contributed by atoms with E-state index in [0.717, 1.165) is 39.3 Å². The number of ether oxygens (including phenoxy) is 1. The maximum Gasteiger partial charge on any atom is 0.337 e. The lowest BCUT2D eigenvalue weighted by Crippen LogP contribution is -2.17. The zero-order chi connectivity index (χ0) is 27.2. The van der Waals surface area contributed by atoms with Crippen molar-refractivity contribution in [1.82, 2.24) is 9.99 Å². The number of hydrogen-bond acceptors (Lipinski definition) is 4. The number of hydrogen-bond donors (Lipinski definition) is 1. The minimum absolute atomic E-state index is 0.284. The summed E-state index contributed by atoms with van der Waals surface area (Å²) in [5, 5.41) is 4.32. The summed E-state index contributed by atoms with van der Waals surface area (Å²) in [6.45, 7) is 1.98. The Hall–Kier alpha value is -5.23. The molecule has 0 fully saturated rings. The van der Waals surface area contributed by atoms with E-state index in [1.54, 1.807) is 30.5 Å². The fourth-order valence-corrected chi connectivity index (χ4v) is 4.40. The van der Waals surface area contributed by atoms with Gasteiger partial charge in [0.05, 0.1) is 30.3 Å². The van der Waals surface area contributed by atoms with Gasteiger partial charge < -0.3 is 9.30 Å². The van der Waals surface area contributed by atoms with E-state index >= 15 is 0 Å². The molecule has 5 rings (SSSR count). The summed E-state index contributed by atoms with van der Waals surface area (Å²) in [5.41, 5.74) is 10.2. The van der Waals surface area contributed by atoms with E-state index in [1.165, 1.54) is 7.11 Å². The van der Waals surface area contributed by atoms with E-state index in [1.807, 2.05) is 97.9 Å². The molecule has 0 radical (unpaired) electrons. The number of carbonyl (C=O) groups excluding carboxylic acids is 2. The lowest BCUT2D eigenvalue weighted by atomic mass is 10.1. The van der Waals surface area contributed by atoms with Crippen molar-refractivity contribution in [1.29, 1.82) is 0 Å². The number of carbonyl (C=O) groups is 2. The maximum atomic E-state index is 12.7. The van der Waals surface area contributed by atoms with Crippen molar-refractivity contribution in [2.75, 3.05) is 7.11 Å². The van der Waals surface area contributed by atoms with Crippen molar-refractivity contribution >= 4 is 18.1 Å². The van der Waals surface area contributed by atoms with Gasteiger partial charge in [-0.05, 0) is 60.5 Å². The Bertz CT molecular complexity index is 1620. The number of aromatic nitrogens is 1. The van der Waals surface area contributed by atoms with E-state index in [4.69, 9.17) is 4.74 Å². The van der Waals surface area contributed by atoms with E-state index in [2.05, 4.69) is 15.1 Å². The molecule has 0 bridgehead atoms. The molecule has 0 atom stereocenters. The van der Waals surface area contributed by atoms with Gasteiger partial charge in [-0.3, -0.25) is 4.79 Å². The molecule has 5 aromatic rings. The first kappa shape index (κ1) is 25.4. The number of nitrogens with zero attached hydrogens (tertiary/aromatic N) is 2. The van der Waals surface area contributed by atoms with Crippen molar-refractivity contribution in [3.8, 4) is 28.2 Å². The summed E-state index contributed by atoms with van der Waals surface area (Å²) in [4.78, 5) is 24.7. The molecule has 0 spiro atoms. The number of benzene rings is 4. The summed E-state index contributed by atoms with van der Waals surface area (Å²) in [6, 6.07) is 36.7. The van der Waals surface area contributed by atoms with Crippen LogP contribution in [0.4, 0.5) is 0 Å². The van der Waals surface area contributed by atoms with Gasteiger partial charge in [0.25, 0.3) is 5.91 Å². The summed E-state index contributed by atoms with van der Waals surface area (Å²) in [6.07, 6.45) is 1.67. The first-order chi connectivity index (χ1) is 19.0. The van der Waals surface area contributed by atoms with Gasteiger partial charge >= 0.3 is 5.97 Å². The normalized spacial score (nSPS) is 10.9. The third-order valence-electron chi connectivity index (χ3n) is 6.38. The molecule has 0 aliphatic rings. The van der Waals surface area contributed by atoms with Crippen molar-refractivity contribution in [2.24, 2.45) is 5.10 Å². The first-order valence-corrected chi connectivity index (χ1v) is 12.5. The van der Waals surface area contributed by atoms with Crippen LogP contribution in [0.15, 0.2) is 120 Å². The molecule has 1 aromatic heterocycles. The number of amides is 1. The zero-order valence-electron chi connectivity index (χ0n) is 21.7. The van der Waals surface area contributed by atoms with E-state index in [-0.39, 0.29) is 5.91 Å². The third-order valence-corrected chi connectivity index (χ3v) is 6.38. The quantitative estimate of drug-likeness (QED) is 0.150. The van der Waals surface area contributed by atoms with Crippen molar-refractivity contribution in [3.63, 3.8) is 0 Å². The molecule has 39 heavy (non-hydrogen) atoms. The molecular formula is C33H27N3O3. The highest BCUT2D eigenvalue weighted by molar-refractivity contribution is 5.97. The Morgan fingerprint density at radius 1 is 0.769 bits per heavy atom. The van der Waals surface area contributed by atoms with Crippen LogP contribution in [0.5, 0.6) is 0 Å². The predicted octanol–water partition coefficient (Wildman–Crippen LogP) is 6.67. The van der Waals surface area contributed by atoms with E-state index < -0.39 is 5.97 Å². The van der Waals surface area contributed by atoms with Gasteiger partial charge in [0.2, 0.25) is 0 Å². The van der Waals surface area contributed by atoms with Crippen LogP contribution in [-0.2, 0) is 4.74 Å².